The number of fused-ring (bicyclic) bond motifs is 3. The highest BCUT2D eigenvalue weighted by molar-refractivity contribution is 7.88. The molecule has 1 N–H and O–H groups in total. The van der Waals surface area contributed by atoms with Gasteiger partial charge in [0.1, 0.15) is 0 Å². The van der Waals surface area contributed by atoms with E-state index in [0.29, 0.717) is 31.7 Å². The number of carbonyl (C=O) groups excluding carboxylic acids is 1. The van der Waals surface area contributed by atoms with Gasteiger partial charge in [-0.25, -0.2) is 8.42 Å². The Hall–Kier alpha value is -3.20. The van der Waals surface area contributed by atoms with Crippen LogP contribution in [0.2, 0.25) is 0 Å². The van der Waals surface area contributed by atoms with E-state index >= 15 is 0 Å². The number of rotatable bonds is 6. The molecule has 1 amide bonds. The maximum atomic E-state index is 12.9. The van der Waals surface area contributed by atoms with Crippen molar-refractivity contribution in [1.82, 2.24) is 13.8 Å². The van der Waals surface area contributed by atoms with Crippen LogP contribution < -0.4 is 5.32 Å². The molecule has 8 heteroatoms. The number of aryl methyl sites for hydroxylation is 1. The van der Waals surface area contributed by atoms with Crippen molar-refractivity contribution in [3.63, 3.8) is 0 Å². The first-order valence-corrected chi connectivity index (χ1v) is 13.8. The lowest BCUT2D eigenvalue weighted by molar-refractivity contribution is 0.102. The molecule has 1 aromatic heterocycles. The number of piperazine rings is 1. The number of sulfonamides is 1. The van der Waals surface area contributed by atoms with E-state index in [0.717, 1.165) is 35.2 Å². The fraction of sp³-hybridized carbons (Fsp3) is 0.296. The van der Waals surface area contributed by atoms with Crippen LogP contribution in [0.5, 0.6) is 0 Å². The fourth-order valence-corrected chi connectivity index (χ4v) is 5.74. The predicted octanol–water partition coefficient (Wildman–Crippen LogP) is 4.14. The van der Waals surface area contributed by atoms with Gasteiger partial charge in [0.2, 0.25) is 10.0 Å². The Morgan fingerprint density at radius 2 is 1.57 bits per heavy atom. The number of hydrogen-bond acceptors (Lipinski definition) is 4. The number of para-hydroxylation sites is 1. The zero-order valence-corrected chi connectivity index (χ0v) is 20.9. The van der Waals surface area contributed by atoms with Gasteiger partial charge in [-0.1, -0.05) is 30.3 Å². The Kier molecular flexibility index (Phi) is 6.35. The van der Waals surface area contributed by atoms with Gasteiger partial charge in [-0.15, -0.1) is 0 Å². The van der Waals surface area contributed by atoms with E-state index in [2.05, 4.69) is 46.0 Å². The molecule has 0 saturated carbocycles. The first-order chi connectivity index (χ1) is 16.8. The van der Waals surface area contributed by atoms with Gasteiger partial charge < -0.3 is 9.88 Å². The SMILES string of the molecule is CCn1c2ccccc2c2cc(NC(=O)c3ccc(CN4CCN(S(C)(=O)=O)CC4)cc3)ccc21. The molecule has 1 aliphatic rings. The second-order valence-corrected chi connectivity index (χ2v) is 11.1. The molecule has 0 radical (unpaired) electrons. The third-order valence-corrected chi connectivity index (χ3v) is 8.07. The first kappa shape index (κ1) is 23.5. The van der Waals surface area contributed by atoms with Crippen LogP contribution in [0.4, 0.5) is 5.69 Å². The van der Waals surface area contributed by atoms with Crippen molar-refractivity contribution in [2.24, 2.45) is 0 Å². The Bertz CT molecular complexity index is 1480. The molecule has 2 heterocycles. The normalized spacial score (nSPS) is 15.6. The van der Waals surface area contributed by atoms with Gasteiger partial charge in [-0.3, -0.25) is 9.69 Å². The summed E-state index contributed by atoms with van der Waals surface area (Å²) in [4.78, 5) is 15.2. The smallest absolute Gasteiger partial charge is 0.255 e. The summed E-state index contributed by atoms with van der Waals surface area (Å²) in [6.07, 6.45) is 1.26. The number of nitrogens with zero attached hydrogens (tertiary/aromatic N) is 3. The van der Waals surface area contributed by atoms with Crippen LogP contribution in [0.3, 0.4) is 0 Å². The number of benzene rings is 3. The number of hydrogen-bond donors (Lipinski definition) is 1. The summed E-state index contributed by atoms with van der Waals surface area (Å²) in [5, 5.41) is 5.35. The zero-order valence-electron chi connectivity index (χ0n) is 20.1. The molecule has 5 rings (SSSR count). The van der Waals surface area contributed by atoms with Crippen LogP contribution in [-0.4, -0.2) is 60.5 Å². The molecule has 35 heavy (non-hydrogen) atoms. The molecule has 1 fully saturated rings. The standard InChI is InChI=1S/C27H30N4O3S/c1-3-31-25-7-5-4-6-23(25)24-18-22(12-13-26(24)31)28-27(32)21-10-8-20(9-11-21)19-29-14-16-30(17-15-29)35(2,33)34/h4-13,18H,3,14-17,19H2,1-2H3,(H,28,32). The van der Waals surface area contributed by atoms with Crippen molar-refractivity contribution >= 4 is 43.4 Å². The minimum absolute atomic E-state index is 0.142. The third-order valence-electron chi connectivity index (χ3n) is 6.77. The fourth-order valence-electron chi connectivity index (χ4n) is 4.91. The van der Waals surface area contributed by atoms with Gasteiger partial charge in [-0.05, 0) is 48.9 Å². The Labute approximate surface area is 206 Å². The molecule has 0 unspecified atom stereocenters. The number of anilines is 1. The quantitative estimate of drug-likeness (QED) is 0.441. The highest BCUT2D eigenvalue weighted by Gasteiger charge is 2.23. The zero-order chi connectivity index (χ0) is 24.6. The Morgan fingerprint density at radius 3 is 2.26 bits per heavy atom. The van der Waals surface area contributed by atoms with Crippen molar-refractivity contribution in [3.05, 3.63) is 77.9 Å². The predicted molar refractivity (Wildman–Crippen MR) is 141 cm³/mol. The summed E-state index contributed by atoms with van der Waals surface area (Å²) in [6, 6.07) is 22.0. The van der Waals surface area contributed by atoms with Gasteiger partial charge >= 0.3 is 0 Å². The lowest BCUT2D eigenvalue weighted by Crippen LogP contribution is -2.47. The summed E-state index contributed by atoms with van der Waals surface area (Å²) >= 11 is 0. The van der Waals surface area contributed by atoms with Crippen LogP contribution in [0.1, 0.15) is 22.8 Å². The topological polar surface area (TPSA) is 74.7 Å². The lowest BCUT2D eigenvalue weighted by Gasteiger charge is -2.33. The molecule has 0 atom stereocenters. The molecule has 0 bridgehead atoms. The van der Waals surface area contributed by atoms with Crippen LogP contribution in [0.25, 0.3) is 21.8 Å². The maximum absolute atomic E-state index is 12.9. The molecule has 7 nitrogen and oxygen atoms in total. The van der Waals surface area contributed by atoms with E-state index in [4.69, 9.17) is 0 Å². The van der Waals surface area contributed by atoms with Gasteiger partial charge in [-0.2, -0.15) is 4.31 Å². The lowest BCUT2D eigenvalue weighted by atomic mass is 10.1. The van der Waals surface area contributed by atoms with E-state index in [1.807, 2.05) is 42.5 Å². The Balaban J connectivity index is 1.26. The van der Waals surface area contributed by atoms with E-state index < -0.39 is 10.0 Å². The minimum Gasteiger partial charge on any atom is -0.341 e. The molecule has 1 aliphatic heterocycles. The van der Waals surface area contributed by atoms with Gasteiger partial charge in [0.05, 0.1) is 6.26 Å². The number of carbonyl (C=O) groups is 1. The summed E-state index contributed by atoms with van der Waals surface area (Å²) in [7, 11) is -3.13. The summed E-state index contributed by atoms with van der Waals surface area (Å²) in [5.74, 6) is -0.142. The monoisotopic (exact) mass is 490 g/mol. The first-order valence-electron chi connectivity index (χ1n) is 11.9. The molecule has 0 aliphatic carbocycles. The van der Waals surface area contributed by atoms with Gasteiger partial charge in [0.15, 0.2) is 0 Å². The third kappa shape index (κ3) is 4.82. The highest BCUT2D eigenvalue weighted by Crippen LogP contribution is 2.31. The molecule has 1 saturated heterocycles. The summed E-state index contributed by atoms with van der Waals surface area (Å²) < 4.78 is 27.2. The average Bonchev–Trinajstić information content (AvgIpc) is 3.17. The van der Waals surface area contributed by atoms with Crippen molar-refractivity contribution in [3.8, 4) is 0 Å². The van der Waals surface area contributed by atoms with E-state index in [1.165, 1.54) is 21.5 Å². The second-order valence-electron chi connectivity index (χ2n) is 9.08. The Morgan fingerprint density at radius 1 is 0.886 bits per heavy atom. The van der Waals surface area contributed by atoms with Crippen molar-refractivity contribution in [2.75, 3.05) is 37.8 Å². The molecule has 0 spiro atoms. The maximum Gasteiger partial charge on any atom is 0.255 e. The number of amides is 1. The van der Waals surface area contributed by atoms with Crippen LogP contribution in [0.15, 0.2) is 66.7 Å². The molecular weight excluding hydrogens is 460 g/mol. The molecule has 182 valence electrons. The highest BCUT2D eigenvalue weighted by atomic mass is 32.2. The number of nitrogens with one attached hydrogen (secondary N) is 1. The van der Waals surface area contributed by atoms with Crippen molar-refractivity contribution in [1.29, 1.82) is 0 Å². The van der Waals surface area contributed by atoms with Crippen LogP contribution in [-0.2, 0) is 23.1 Å². The second kappa shape index (κ2) is 9.45. The van der Waals surface area contributed by atoms with Crippen molar-refractivity contribution in [2.45, 2.75) is 20.0 Å². The molecular formula is C27H30N4O3S. The van der Waals surface area contributed by atoms with E-state index in [-0.39, 0.29) is 5.91 Å². The number of aromatic nitrogens is 1. The minimum atomic E-state index is -3.13. The average molecular weight is 491 g/mol. The van der Waals surface area contributed by atoms with Gasteiger partial charge in [0, 0.05) is 72.3 Å². The molecule has 3 aromatic carbocycles. The van der Waals surface area contributed by atoms with Crippen LogP contribution >= 0.6 is 0 Å². The summed E-state index contributed by atoms with van der Waals surface area (Å²) in [5.41, 5.74) is 4.83. The molecule has 4 aromatic rings. The van der Waals surface area contributed by atoms with Crippen molar-refractivity contribution < 1.29 is 13.2 Å². The van der Waals surface area contributed by atoms with E-state index in [9.17, 15) is 13.2 Å². The van der Waals surface area contributed by atoms with Crippen LogP contribution in [0, 0.1) is 0 Å². The summed E-state index contributed by atoms with van der Waals surface area (Å²) in [6.45, 7) is 6.19. The largest absolute Gasteiger partial charge is 0.341 e. The van der Waals surface area contributed by atoms with E-state index in [1.54, 1.807) is 0 Å². The van der Waals surface area contributed by atoms with Gasteiger partial charge in [0.25, 0.3) is 5.91 Å².